The highest BCUT2D eigenvalue weighted by Crippen LogP contribution is 2.28. The van der Waals surface area contributed by atoms with Crippen LogP contribution in [0, 0.1) is 0 Å². The summed E-state index contributed by atoms with van der Waals surface area (Å²) in [4.78, 5) is 4.97. The Hall–Kier alpha value is -1.06. The SMILES string of the molecule is CCN(Cc1ccc2c(c1)CCN2C)C1CCNC1. The van der Waals surface area contributed by atoms with Gasteiger partial charge in [0.1, 0.15) is 0 Å². The Balaban J connectivity index is 1.72. The van der Waals surface area contributed by atoms with Gasteiger partial charge in [-0.1, -0.05) is 19.1 Å². The molecule has 0 bridgehead atoms. The highest BCUT2D eigenvalue weighted by atomic mass is 15.2. The van der Waals surface area contributed by atoms with Crippen molar-refractivity contribution in [2.75, 3.05) is 38.1 Å². The normalized spacial score (nSPS) is 22.3. The van der Waals surface area contributed by atoms with Crippen LogP contribution in [0.1, 0.15) is 24.5 Å². The molecule has 0 amide bonds. The van der Waals surface area contributed by atoms with Crippen LogP contribution in [0.5, 0.6) is 0 Å². The summed E-state index contributed by atoms with van der Waals surface area (Å²) in [5, 5.41) is 3.47. The van der Waals surface area contributed by atoms with Crippen LogP contribution in [0.2, 0.25) is 0 Å². The standard InChI is InChI=1S/C16H25N3/c1-3-19(15-6-8-17-11-15)12-13-4-5-16-14(10-13)7-9-18(16)2/h4-5,10,15,17H,3,6-9,11-12H2,1-2H3. The quantitative estimate of drug-likeness (QED) is 0.890. The first kappa shape index (κ1) is 12.9. The van der Waals surface area contributed by atoms with Crippen molar-refractivity contribution in [3.8, 4) is 0 Å². The molecular formula is C16H25N3. The number of hydrogen-bond donors (Lipinski definition) is 1. The molecule has 3 heteroatoms. The number of nitrogens with zero attached hydrogens (tertiary/aromatic N) is 2. The minimum atomic E-state index is 0.723. The largest absolute Gasteiger partial charge is 0.374 e. The molecule has 1 saturated heterocycles. The fourth-order valence-corrected chi connectivity index (χ4v) is 3.40. The van der Waals surface area contributed by atoms with E-state index < -0.39 is 0 Å². The average molecular weight is 259 g/mol. The molecule has 0 aliphatic carbocycles. The summed E-state index contributed by atoms with van der Waals surface area (Å²) in [6.07, 6.45) is 2.50. The molecule has 1 fully saturated rings. The molecule has 0 spiro atoms. The zero-order chi connectivity index (χ0) is 13.2. The summed E-state index contributed by atoms with van der Waals surface area (Å²) in [6.45, 7) is 8.02. The molecule has 2 heterocycles. The lowest BCUT2D eigenvalue weighted by Crippen LogP contribution is -2.36. The number of fused-ring (bicyclic) bond motifs is 1. The summed E-state index contributed by atoms with van der Waals surface area (Å²) < 4.78 is 0. The van der Waals surface area contributed by atoms with Crippen molar-refractivity contribution in [1.82, 2.24) is 10.2 Å². The van der Waals surface area contributed by atoms with Crippen molar-refractivity contribution in [1.29, 1.82) is 0 Å². The zero-order valence-corrected chi connectivity index (χ0v) is 12.2. The maximum absolute atomic E-state index is 3.47. The van der Waals surface area contributed by atoms with Crippen molar-refractivity contribution < 1.29 is 0 Å². The topological polar surface area (TPSA) is 18.5 Å². The molecule has 1 N–H and O–H groups in total. The molecule has 2 aliphatic rings. The number of nitrogens with one attached hydrogen (secondary N) is 1. The van der Waals surface area contributed by atoms with Crippen LogP contribution in [0.3, 0.4) is 0 Å². The van der Waals surface area contributed by atoms with Gasteiger partial charge in [-0.2, -0.15) is 0 Å². The third-order valence-corrected chi connectivity index (χ3v) is 4.61. The summed E-state index contributed by atoms with van der Waals surface area (Å²) in [6, 6.07) is 7.76. The first-order valence-electron chi connectivity index (χ1n) is 7.55. The summed E-state index contributed by atoms with van der Waals surface area (Å²) in [5.41, 5.74) is 4.43. The second-order valence-electron chi connectivity index (χ2n) is 5.84. The van der Waals surface area contributed by atoms with E-state index in [2.05, 4.69) is 47.3 Å². The highest BCUT2D eigenvalue weighted by Gasteiger charge is 2.22. The summed E-state index contributed by atoms with van der Waals surface area (Å²) in [7, 11) is 2.19. The smallest absolute Gasteiger partial charge is 0.0397 e. The van der Waals surface area contributed by atoms with E-state index in [9.17, 15) is 0 Å². The van der Waals surface area contributed by atoms with E-state index in [0.29, 0.717) is 0 Å². The Morgan fingerprint density at radius 1 is 1.42 bits per heavy atom. The van der Waals surface area contributed by atoms with E-state index in [0.717, 1.165) is 25.7 Å². The van der Waals surface area contributed by atoms with Crippen LogP contribution >= 0.6 is 0 Å². The Labute approximate surface area is 116 Å². The van der Waals surface area contributed by atoms with Gasteiger partial charge in [0.2, 0.25) is 0 Å². The lowest BCUT2D eigenvalue weighted by Gasteiger charge is -2.27. The van der Waals surface area contributed by atoms with Crippen molar-refractivity contribution >= 4 is 5.69 Å². The second-order valence-corrected chi connectivity index (χ2v) is 5.84. The van der Waals surface area contributed by atoms with E-state index >= 15 is 0 Å². The summed E-state index contributed by atoms with van der Waals surface area (Å²) in [5.74, 6) is 0. The van der Waals surface area contributed by atoms with E-state index in [1.165, 1.54) is 42.7 Å². The van der Waals surface area contributed by atoms with Crippen LogP contribution in [-0.2, 0) is 13.0 Å². The zero-order valence-electron chi connectivity index (χ0n) is 12.2. The number of anilines is 1. The van der Waals surface area contributed by atoms with Gasteiger partial charge in [0, 0.05) is 38.4 Å². The molecule has 3 rings (SSSR count). The molecule has 104 valence electrons. The fourth-order valence-electron chi connectivity index (χ4n) is 3.40. The first-order chi connectivity index (χ1) is 9.28. The molecule has 1 aromatic carbocycles. The van der Waals surface area contributed by atoms with Gasteiger partial charge in [-0.15, -0.1) is 0 Å². The molecular weight excluding hydrogens is 234 g/mol. The highest BCUT2D eigenvalue weighted by molar-refractivity contribution is 5.58. The van der Waals surface area contributed by atoms with Crippen molar-refractivity contribution in [3.63, 3.8) is 0 Å². The van der Waals surface area contributed by atoms with E-state index in [1.54, 1.807) is 0 Å². The van der Waals surface area contributed by atoms with Gasteiger partial charge in [0.15, 0.2) is 0 Å². The number of hydrogen-bond acceptors (Lipinski definition) is 3. The van der Waals surface area contributed by atoms with E-state index in [-0.39, 0.29) is 0 Å². The van der Waals surface area contributed by atoms with Gasteiger partial charge in [-0.3, -0.25) is 4.90 Å². The number of rotatable bonds is 4. The van der Waals surface area contributed by atoms with Crippen LogP contribution in [0.4, 0.5) is 5.69 Å². The molecule has 19 heavy (non-hydrogen) atoms. The lowest BCUT2D eigenvalue weighted by molar-refractivity contribution is 0.210. The molecule has 1 atom stereocenters. The maximum Gasteiger partial charge on any atom is 0.0397 e. The Kier molecular flexibility index (Phi) is 3.76. The third kappa shape index (κ3) is 2.63. The van der Waals surface area contributed by atoms with Gasteiger partial charge in [0.05, 0.1) is 0 Å². The van der Waals surface area contributed by atoms with E-state index in [1.807, 2.05) is 0 Å². The van der Waals surface area contributed by atoms with Crippen molar-refractivity contribution in [3.05, 3.63) is 29.3 Å². The summed E-state index contributed by atoms with van der Waals surface area (Å²) >= 11 is 0. The first-order valence-corrected chi connectivity index (χ1v) is 7.55. The molecule has 0 saturated carbocycles. The fraction of sp³-hybridized carbons (Fsp3) is 0.625. The Morgan fingerprint density at radius 3 is 3.05 bits per heavy atom. The van der Waals surface area contributed by atoms with Crippen LogP contribution in [0.25, 0.3) is 0 Å². The lowest BCUT2D eigenvalue weighted by atomic mass is 10.1. The van der Waals surface area contributed by atoms with Gasteiger partial charge < -0.3 is 10.2 Å². The third-order valence-electron chi connectivity index (χ3n) is 4.61. The van der Waals surface area contributed by atoms with Crippen LogP contribution < -0.4 is 10.2 Å². The molecule has 0 radical (unpaired) electrons. The number of likely N-dealkylation sites (N-methyl/N-ethyl adjacent to an activating group) is 2. The van der Waals surface area contributed by atoms with Gasteiger partial charge in [-0.05, 0) is 43.1 Å². The van der Waals surface area contributed by atoms with Crippen LogP contribution in [-0.4, -0.2) is 44.2 Å². The number of benzene rings is 1. The molecule has 1 unspecified atom stereocenters. The second kappa shape index (κ2) is 5.51. The minimum Gasteiger partial charge on any atom is -0.374 e. The average Bonchev–Trinajstić information content (AvgIpc) is 3.06. The predicted octanol–water partition coefficient (Wildman–Crippen LogP) is 1.86. The van der Waals surface area contributed by atoms with Gasteiger partial charge >= 0.3 is 0 Å². The van der Waals surface area contributed by atoms with E-state index in [4.69, 9.17) is 0 Å². The monoisotopic (exact) mass is 259 g/mol. The maximum atomic E-state index is 3.47. The van der Waals surface area contributed by atoms with Crippen molar-refractivity contribution in [2.45, 2.75) is 32.4 Å². The predicted molar refractivity (Wildman–Crippen MR) is 80.8 cm³/mol. The van der Waals surface area contributed by atoms with Crippen LogP contribution in [0.15, 0.2) is 18.2 Å². The minimum absolute atomic E-state index is 0.723. The molecule has 2 aliphatic heterocycles. The Bertz CT molecular complexity index is 438. The van der Waals surface area contributed by atoms with Gasteiger partial charge in [0.25, 0.3) is 0 Å². The Morgan fingerprint density at radius 2 is 2.32 bits per heavy atom. The van der Waals surface area contributed by atoms with Crippen molar-refractivity contribution in [2.24, 2.45) is 0 Å². The molecule has 0 aromatic heterocycles. The molecule has 3 nitrogen and oxygen atoms in total. The van der Waals surface area contributed by atoms with Gasteiger partial charge in [-0.25, -0.2) is 0 Å². The molecule has 1 aromatic rings.